The summed E-state index contributed by atoms with van der Waals surface area (Å²) in [6.45, 7) is 2.94. The third-order valence-corrected chi connectivity index (χ3v) is 3.18. The average molecular weight is 302 g/mol. The van der Waals surface area contributed by atoms with Crippen molar-refractivity contribution < 1.29 is 0 Å². The van der Waals surface area contributed by atoms with E-state index in [-0.39, 0.29) is 0 Å². The van der Waals surface area contributed by atoms with Crippen LogP contribution in [0.1, 0.15) is 13.3 Å². The second-order valence-electron chi connectivity index (χ2n) is 3.27. The van der Waals surface area contributed by atoms with Crippen LogP contribution in [0.5, 0.6) is 0 Å². The number of halogens is 2. The van der Waals surface area contributed by atoms with Gasteiger partial charge in [-0.3, -0.25) is 4.68 Å². The molecular weight excluding hydrogens is 291 g/mol. The number of aromatic nitrogens is 4. The minimum atomic E-state index is 0.411. The van der Waals surface area contributed by atoms with Crippen molar-refractivity contribution in [3.05, 3.63) is 28.1 Å². The molecule has 0 aromatic carbocycles. The molecule has 0 spiro atoms. The van der Waals surface area contributed by atoms with Gasteiger partial charge in [-0.1, -0.05) is 18.5 Å². The lowest BCUT2D eigenvalue weighted by atomic mass is 10.4. The molecule has 0 atom stereocenters. The summed E-state index contributed by atoms with van der Waals surface area (Å²) in [6, 6.07) is 1.88. The van der Waals surface area contributed by atoms with Crippen LogP contribution < -0.4 is 0 Å². The standard InChI is InChI=1S/C10H10BrClN4/c1-2-5-16-8(3-4-14-16)10-13-6-7(11)9(12)15-10/h3-4,6H,2,5H2,1H3. The Hall–Kier alpha value is -0.940. The van der Waals surface area contributed by atoms with Gasteiger partial charge in [-0.2, -0.15) is 5.10 Å². The van der Waals surface area contributed by atoms with Crippen molar-refractivity contribution in [2.45, 2.75) is 19.9 Å². The molecule has 0 N–H and O–H groups in total. The maximum Gasteiger partial charge on any atom is 0.179 e. The highest BCUT2D eigenvalue weighted by molar-refractivity contribution is 9.10. The van der Waals surface area contributed by atoms with E-state index in [9.17, 15) is 0 Å². The Morgan fingerprint density at radius 1 is 1.50 bits per heavy atom. The van der Waals surface area contributed by atoms with Gasteiger partial charge in [0.15, 0.2) is 5.82 Å². The van der Waals surface area contributed by atoms with Crippen LogP contribution in [0.15, 0.2) is 22.9 Å². The van der Waals surface area contributed by atoms with E-state index in [4.69, 9.17) is 11.6 Å². The van der Waals surface area contributed by atoms with Gasteiger partial charge < -0.3 is 0 Å². The second kappa shape index (κ2) is 4.93. The molecule has 0 fully saturated rings. The average Bonchev–Trinajstić information content (AvgIpc) is 2.71. The first kappa shape index (κ1) is 11.5. The minimum Gasteiger partial charge on any atom is -0.262 e. The number of hydrogen-bond acceptors (Lipinski definition) is 3. The SMILES string of the molecule is CCCn1nccc1-c1ncc(Br)c(Cl)n1. The van der Waals surface area contributed by atoms with Crippen LogP contribution in [0.25, 0.3) is 11.5 Å². The zero-order valence-electron chi connectivity index (χ0n) is 8.69. The Morgan fingerprint density at radius 3 is 3.00 bits per heavy atom. The highest BCUT2D eigenvalue weighted by Crippen LogP contribution is 2.22. The Morgan fingerprint density at radius 2 is 2.31 bits per heavy atom. The molecular formula is C10H10BrClN4. The van der Waals surface area contributed by atoms with Gasteiger partial charge in [0.1, 0.15) is 10.8 Å². The number of nitrogens with zero attached hydrogens (tertiary/aromatic N) is 4. The van der Waals surface area contributed by atoms with Gasteiger partial charge in [0.2, 0.25) is 0 Å². The lowest BCUT2D eigenvalue weighted by Gasteiger charge is -2.05. The first-order valence-corrected chi connectivity index (χ1v) is 6.09. The van der Waals surface area contributed by atoms with Crippen molar-refractivity contribution in [1.82, 2.24) is 19.7 Å². The predicted molar refractivity (Wildman–Crippen MR) is 66.3 cm³/mol. The molecule has 0 saturated carbocycles. The van der Waals surface area contributed by atoms with E-state index in [0.717, 1.165) is 18.7 Å². The van der Waals surface area contributed by atoms with E-state index in [1.807, 2.05) is 10.7 Å². The molecule has 0 saturated heterocycles. The maximum atomic E-state index is 5.93. The highest BCUT2D eigenvalue weighted by Gasteiger charge is 2.09. The Labute approximate surface area is 107 Å². The first-order chi connectivity index (χ1) is 7.72. The van der Waals surface area contributed by atoms with Gasteiger partial charge in [0.25, 0.3) is 0 Å². The van der Waals surface area contributed by atoms with Gasteiger partial charge >= 0.3 is 0 Å². The van der Waals surface area contributed by atoms with Crippen LogP contribution in [-0.4, -0.2) is 19.7 Å². The van der Waals surface area contributed by atoms with E-state index in [1.165, 1.54) is 0 Å². The molecule has 4 nitrogen and oxygen atoms in total. The number of rotatable bonds is 3. The molecule has 84 valence electrons. The van der Waals surface area contributed by atoms with Crippen molar-refractivity contribution in [2.75, 3.05) is 0 Å². The van der Waals surface area contributed by atoms with Crippen LogP contribution in [0.4, 0.5) is 0 Å². The van der Waals surface area contributed by atoms with Crippen molar-refractivity contribution in [3.8, 4) is 11.5 Å². The van der Waals surface area contributed by atoms with Gasteiger partial charge in [-0.15, -0.1) is 0 Å². The normalized spacial score (nSPS) is 10.7. The third-order valence-electron chi connectivity index (χ3n) is 2.08. The second-order valence-corrected chi connectivity index (χ2v) is 4.48. The van der Waals surface area contributed by atoms with Gasteiger partial charge in [0.05, 0.1) is 4.47 Å². The van der Waals surface area contributed by atoms with Gasteiger partial charge in [-0.25, -0.2) is 9.97 Å². The Kier molecular flexibility index (Phi) is 3.56. The fourth-order valence-electron chi connectivity index (χ4n) is 1.38. The monoisotopic (exact) mass is 300 g/mol. The Bertz CT molecular complexity index is 497. The molecule has 6 heteroatoms. The summed E-state index contributed by atoms with van der Waals surface area (Å²) in [5, 5.41) is 4.63. The van der Waals surface area contributed by atoms with Gasteiger partial charge in [-0.05, 0) is 28.4 Å². The smallest absolute Gasteiger partial charge is 0.179 e. The summed E-state index contributed by atoms with van der Waals surface area (Å²) in [7, 11) is 0. The molecule has 0 aliphatic carbocycles. The molecule has 0 aliphatic heterocycles. The molecule has 2 aromatic rings. The predicted octanol–water partition coefficient (Wildman–Crippen LogP) is 3.17. The minimum absolute atomic E-state index is 0.411. The molecule has 0 radical (unpaired) electrons. The summed E-state index contributed by atoms with van der Waals surface area (Å²) >= 11 is 9.20. The van der Waals surface area contributed by atoms with Crippen molar-refractivity contribution >= 4 is 27.5 Å². The quantitative estimate of drug-likeness (QED) is 0.818. The third kappa shape index (κ3) is 2.25. The van der Waals surface area contributed by atoms with Crippen LogP contribution >= 0.6 is 27.5 Å². The van der Waals surface area contributed by atoms with Crippen LogP contribution in [-0.2, 0) is 6.54 Å². The van der Waals surface area contributed by atoms with Crippen LogP contribution in [0, 0.1) is 0 Å². The number of aryl methyl sites for hydroxylation is 1. The fourth-order valence-corrected chi connectivity index (χ4v) is 1.70. The summed E-state index contributed by atoms with van der Waals surface area (Å²) < 4.78 is 2.57. The van der Waals surface area contributed by atoms with Crippen molar-refractivity contribution in [3.63, 3.8) is 0 Å². The molecule has 0 unspecified atom stereocenters. The van der Waals surface area contributed by atoms with Crippen molar-refractivity contribution in [1.29, 1.82) is 0 Å². The van der Waals surface area contributed by atoms with Crippen LogP contribution in [0.2, 0.25) is 5.15 Å². The molecule has 2 aromatic heterocycles. The lowest BCUT2D eigenvalue weighted by Crippen LogP contribution is -2.03. The molecule has 0 amide bonds. The van der Waals surface area contributed by atoms with Crippen LogP contribution in [0.3, 0.4) is 0 Å². The van der Waals surface area contributed by atoms with E-state index in [1.54, 1.807) is 12.4 Å². The molecule has 2 rings (SSSR count). The first-order valence-electron chi connectivity index (χ1n) is 4.92. The van der Waals surface area contributed by atoms with Gasteiger partial charge in [0, 0.05) is 18.9 Å². The fraction of sp³-hybridized carbons (Fsp3) is 0.300. The molecule has 0 bridgehead atoms. The highest BCUT2D eigenvalue weighted by atomic mass is 79.9. The van der Waals surface area contributed by atoms with E-state index in [0.29, 0.717) is 15.5 Å². The number of hydrogen-bond donors (Lipinski definition) is 0. The zero-order valence-corrected chi connectivity index (χ0v) is 11.0. The molecule has 2 heterocycles. The lowest BCUT2D eigenvalue weighted by molar-refractivity contribution is 0.606. The summed E-state index contributed by atoms with van der Waals surface area (Å²) in [5.74, 6) is 0.596. The summed E-state index contributed by atoms with van der Waals surface area (Å²) in [4.78, 5) is 8.43. The maximum absolute atomic E-state index is 5.93. The largest absolute Gasteiger partial charge is 0.262 e. The molecule has 16 heavy (non-hydrogen) atoms. The van der Waals surface area contributed by atoms with E-state index < -0.39 is 0 Å². The topological polar surface area (TPSA) is 43.6 Å². The van der Waals surface area contributed by atoms with Crippen molar-refractivity contribution in [2.24, 2.45) is 0 Å². The molecule has 0 aliphatic rings. The zero-order chi connectivity index (χ0) is 11.5. The summed E-state index contributed by atoms with van der Waals surface area (Å²) in [6.07, 6.45) is 4.40. The summed E-state index contributed by atoms with van der Waals surface area (Å²) in [5.41, 5.74) is 0.885. The van der Waals surface area contributed by atoms with E-state index in [2.05, 4.69) is 37.9 Å². The Balaban J connectivity index is 2.42. The van der Waals surface area contributed by atoms with E-state index >= 15 is 0 Å².